The number of benzene rings is 15. The molecule has 0 saturated heterocycles. The summed E-state index contributed by atoms with van der Waals surface area (Å²) in [7, 11) is -6.43. The molecule has 18 rings (SSSR count). The van der Waals surface area contributed by atoms with Crippen molar-refractivity contribution >= 4 is 137 Å². The molecule has 0 atom stereocenters. The van der Waals surface area contributed by atoms with E-state index in [0.717, 1.165) is 39.8 Å². The monoisotopic (exact) mass is 1590 g/mol. The molecule has 0 fully saturated rings. The van der Waals surface area contributed by atoms with E-state index in [1.165, 1.54) is 135 Å². The van der Waals surface area contributed by atoms with Crippen molar-refractivity contribution in [2.75, 3.05) is 9.80 Å². The standard InChI is InChI=1S/C114H112BN3Si2/c1-109(2,3)81-55-62-102-98(71-81)99-72-82(110(4,5)6)56-63-103(99)118(102)89-74-106-108-107(75-89)117(88-38-37-51-96(73-88)119(90-39-25-19-26-40-90,91-41-27-20-28-42-91)92-43-29-21-30-44-92)105-76-97(120(93-45-31-22-32-46-93,94-47-33-23-34-48-94)95-49-35-24-36-50-95)59-60-100(105)115(108)101-68-78(80-66-85(113(13,14)15)70-86(67-80)114(16,17)18)54-61-104(101)116(106)87-57-52-77(53-58-87)79-64-83(111(7,8)9)69-84(65-79)112(10,11)12/h19-76H,1-18H3. The van der Waals surface area contributed by atoms with Crippen molar-refractivity contribution in [3.63, 3.8) is 0 Å². The molecule has 6 heteroatoms. The Morgan fingerprint density at radius 1 is 0.208 bits per heavy atom. The SMILES string of the molecule is CC(C)(C)c1cc(-c2ccc(N3c4ccc(-c5cc(C(C)(C)C)cc(C(C)(C)C)c5)cc4B4c5ccc([Si](c6ccccc6)(c6ccccc6)c6ccccc6)cc5N(c5cccc([Si](c6ccccc6)(c6ccccc6)c6ccccc6)c5)c5cc(-n6c7ccc(C(C)(C)C)cc7c7cc(C(C)(C)C)ccc76)cc3c54)cc2)cc(C(C)(C)C)c1. The number of hydrogen-bond donors (Lipinski definition) is 0. The predicted octanol–water partition coefficient (Wildman–Crippen LogP) is 22.7. The quantitative estimate of drug-likeness (QED) is 0.0842. The van der Waals surface area contributed by atoms with Gasteiger partial charge >= 0.3 is 0 Å². The molecule has 0 bridgehead atoms. The van der Waals surface area contributed by atoms with E-state index in [-0.39, 0.29) is 39.2 Å². The Kier molecular flexibility index (Phi) is 19.5. The normalized spacial score (nSPS) is 13.4. The molecule has 1 aromatic heterocycles. The van der Waals surface area contributed by atoms with Crippen LogP contribution in [0.3, 0.4) is 0 Å². The van der Waals surface area contributed by atoms with Gasteiger partial charge in [-0.1, -0.05) is 404 Å². The number of aromatic nitrogens is 1. The summed E-state index contributed by atoms with van der Waals surface area (Å²) in [4.78, 5) is 5.41. The van der Waals surface area contributed by atoms with Crippen LogP contribution in [-0.4, -0.2) is 27.4 Å². The third-order valence-corrected chi connectivity index (χ3v) is 35.7. The van der Waals surface area contributed by atoms with Crippen LogP contribution < -0.4 is 67.7 Å². The van der Waals surface area contributed by atoms with Crippen molar-refractivity contribution in [2.45, 2.75) is 157 Å². The molecule has 594 valence electrons. The number of anilines is 6. The third-order valence-electron chi connectivity index (χ3n) is 26.1. The predicted molar refractivity (Wildman–Crippen MR) is 525 cm³/mol. The molecule has 15 aromatic carbocycles. The van der Waals surface area contributed by atoms with Crippen molar-refractivity contribution in [1.29, 1.82) is 0 Å². The molecule has 0 N–H and O–H groups in total. The molecule has 0 aliphatic carbocycles. The van der Waals surface area contributed by atoms with E-state index in [1.807, 2.05) is 0 Å². The van der Waals surface area contributed by atoms with Gasteiger partial charge in [0.2, 0.25) is 0 Å². The summed E-state index contributed by atoms with van der Waals surface area (Å²) in [6, 6.07) is 139. The van der Waals surface area contributed by atoms with Crippen molar-refractivity contribution in [3.8, 4) is 27.9 Å². The summed E-state index contributed by atoms with van der Waals surface area (Å²) in [5, 5.41) is 13.1. The van der Waals surface area contributed by atoms with Crippen LogP contribution in [0.25, 0.3) is 49.7 Å². The zero-order valence-electron chi connectivity index (χ0n) is 73.4. The second-order valence-electron chi connectivity index (χ2n) is 40.2. The van der Waals surface area contributed by atoms with Gasteiger partial charge in [0.1, 0.15) is 0 Å². The molecule has 2 aliphatic rings. The summed E-state index contributed by atoms with van der Waals surface area (Å²) in [6.45, 7) is 42.1. The first-order valence-electron chi connectivity index (χ1n) is 43.3. The Labute approximate surface area is 716 Å². The minimum absolute atomic E-state index is 0.0572. The Balaban J connectivity index is 1.02. The molecular formula is C114H112BN3Si2. The fourth-order valence-corrected chi connectivity index (χ4v) is 29.0. The first-order chi connectivity index (χ1) is 57.3. The van der Waals surface area contributed by atoms with Gasteiger partial charge in [0.05, 0.1) is 16.7 Å². The minimum Gasteiger partial charge on any atom is -0.311 e. The second kappa shape index (κ2) is 29.6. The first-order valence-corrected chi connectivity index (χ1v) is 47.3. The summed E-state index contributed by atoms with van der Waals surface area (Å²) in [6.07, 6.45) is 0. The first kappa shape index (κ1) is 79.3. The molecule has 3 heterocycles. The molecule has 0 radical (unpaired) electrons. The van der Waals surface area contributed by atoms with E-state index < -0.39 is 16.1 Å². The van der Waals surface area contributed by atoms with Gasteiger partial charge in [0.15, 0.2) is 16.1 Å². The topological polar surface area (TPSA) is 11.4 Å². The van der Waals surface area contributed by atoms with E-state index in [0.29, 0.717) is 0 Å². The van der Waals surface area contributed by atoms with Crippen molar-refractivity contribution in [3.05, 3.63) is 385 Å². The molecular weight excluding hydrogens is 1480 g/mol. The lowest BCUT2D eigenvalue weighted by atomic mass is 9.33. The van der Waals surface area contributed by atoms with Crippen LogP contribution in [0.2, 0.25) is 0 Å². The van der Waals surface area contributed by atoms with Gasteiger partial charge in [0.25, 0.3) is 6.71 Å². The number of fused-ring (bicyclic) bond motifs is 7. The van der Waals surface area contributed by atoms with Gasteiger partial charge in [-0.25, -0.2) is 0 Å². The number of rotatable bonds is 13. The lowest BCUT2D eigenvalue weighted by Gasteiger charge is -2.45. The molecule has 120 heavy (non-hydrogen) atoms. The molecule has 0 amide bonds. The summed E-state index contributed by atoms with van der Waals surface area (Å²) in [5.74, 6) is 0. The maximum absolute atomic E-state index is 3.24. The van der Waals surface area contributed by atoms with Crippen LogP contribution in [0, 0.1) is 0 Å². The van der Waals surface area contributed by atoms with Crippen LogP contribution in [-0.2, 0) is 32.5 Å². The smallest absolute Gasteiger partial charge is 0.252 e. The molecule has 0 saturated carbocycles. The average Bonchev–Trinajstić information content (AvgIpc) is 0.804. The molecule has 3 nitrogen and oxygen atoms in total. The average molecular weight is 1590 g/mol. The van der Waals surface area contributed by atoms with Gasteiger partial charge in [-0.15, -0.1) is 0 Å². The highest BCUT2D eigenvalue weighted by atomic mass is 28.3. The highest BCUT2D eigenvalue weighted by molar-refractivity contribution is 7.20. The van der Waals surface area contributed by atoms with E-state index in [4.69, 9.17) is 0 Å². The van der Waals surface area contributed by atoms with E-state index in [2.05, 4.69) is 491 Å². The molecule has 2 aliphatic heterocycles. The Morgan fingerprint density at radius 2 is 0.558 bits per heavy atom. The van der Waals surface area contributed by atoms with Gasteiger partial charge in [-0.05, 0) is 219 Å². The zero-order valence-corrected chi connectivity index (χ0v) is 75.4. The van der Waals surface area contributed by atoms with Gasteiger partial charge < -0.3 is 14.4 Å². The van der Waals surface area contributed by atoms with Crippen LogP contribution in [0.4, 0.5) is 34.1 Å². The number of hydrogen-bond acceptors (Lipinski definition) is 2. The maximum atomic E-state index is 2.75. The van der Waals surface area contributed by atoms with E-state index in [1.54, 1.807) is 0 Å². The Hall–Kier alpha value is -11.8. The van der Waals surface area contributed by atoms with Crippen molar-refractivity contribution in [1.82, 2.24) is 4.57 Å². The zero-order chi connectivity index (χ0) is 83.8. The molecule has 0 unspecified atom stereocenters. The second-order valence-corrected chi connectivity index (χ2v) is 47.9. The van der Waals surface area contributed by atoms with E-state index >= 15 is 0 Å². The maximum Gasteiger partial charge on any atom is 0.252 e. The van der Waals surface area contributed by atoms with Crippen LogP contribution in [0.15, 0.2) is 352 Å². The van der Waals surface area contributed by atoms with Crippen LogP contribution in [0.5, 0.6) is 0 Å². The fraction of sp³-hybridized carbons (Fsp3) is 0.211. The van der Waals surface area contributed by atoms with E-state index in [9.17, 15) is 0 Å². The van der Waals surface area contributed by atoms with Crippen LogP contribution >= 0.6 is 0 Å². The highest BCUT2D eigenvalue weighted by Gasteiger charge is 2.49. The van der Waals surface area contributed by atoms with Gasteiger partial charge in [-0.2, -0.15) is 0 Å². The molecule has 0 spiro atoms. The third kappa shape index (κ3) is 13.8. The lowest BCUT2D eigenvalue weighted by Crippen LogP contribution is -2.75. The Bertz CT molecular complexity index is 6240. The molecule has 16 aromatic rings. The summed E-state index contributed by atoms with van der Waals surface area (Å²) >= 11 is 0. The fourth-order valence-electron chi connectivity index (χ4n) is 19.4. The minimum atomic E-state index is -3.24. The largest absolute Gasteiger partial charge is 0.311 e. The lowest BCUT2D eigenvalue weighted by molar-refractivity contribution is 0.568. The summed E-state index contributed by atoms with van der Waals surface area (Å²) in [5.41, 5.74) is 26.3. The number of nitrogens with zero attached hydrogens (tertiary/aromatic N) is 3. The van der Waals surface area contributed by atoms with Crippen molar-refractivity contribution in [2.24, 2.45) is 0 Å². The van der Waals surface area contributed by atoms with Gasteiger partial charge in [0, 0.05) is 44.9 Å². The van der Waals surface area contributed by atoms with Crippen LogP contribution in [0.1, 0.15) is 158 Å². The summed E-state index contributed by atoms with van der Waals surface area (Å²) < 4.78 is 2.62. The Morgan fingerprint density at radius 3 is 0.942 bits per heavy atom. The van der Waals surface area contributed by atoms with Gasteiger partial charge in [-0.3, -0.25) is 0 Å². The van der Waals surface area contributed by atoms with Crippen molar-refractivity contribution < 1.29 is 0 Å². The highest BCUT2D eigenvalue weighted by Crippen LogP contribution is 2.49.